The number of carbonyl (C=O) groups is 1. The van der Waals surface area contributed by atoms with E-state index >= 15 is 0 Å². The summed E-state index contributed by atoms with van der Waals surface area (Å²) in [5.41, 5.74) is -0.229. The maximum absolute atomic E-state index is 13.3. The monoisotopic (exact) mass is 430 g/mol. The van der Waals surface area contributed by atoms with Gasteiger partial charge in [0.15, 0.2) is 0 Å². The van der Waals surface area contributed by atoms with Crippen molar-refractivity contribution < 1.29 is 18.0 Å². The second-order valence-corrected chi connectivity index (χ2v) is 7.32. The van der Waals surface area contributed by atoms with Gasteiger partial charge in [0.2, 0.25) is 0 Å². The zero-order valence-corrected chi connectivity index (χ0v) is 17.2. The summed E-state index contributed by atoms with van der Waals surface area (Å²) in [5, 5.41) is 10.5. The smallest absolute Gasteiger partial charge is 0.348 e. The van der Waals surface area contributed by atoms with Gasteiger partial charge in [-0.2, -0.15) is 18.3 Å². The van der Waals surface area contributed by atoms with Crippen LogP contribution in [-0.2, 0) is 6.18 Å². The molecule has 29 heavy (non-hydrogen) atoms. The average Bonchev–Trinajstić information content (AvgIpc) is 3.18. The Hall–Kier alpha value is -2.06. The number of piperidine rings is 1. The lowest BCUT2D eigenvalue weighted by molar-refractivity contribution is -0.138. The zero-order valence-electron chi connectivity index (χ0n) is 16.4. The third-order valence-electron chi connectivity index (χ3n) is 5.35. The van der Waals surface area contributed by atoms with Crippen molar-refractivity contribution in [2.24, 2.45) is 0 Å². The van der Waals surface area contributed by atoms with Gasteiger partial charge in [0.25, 0.3) is 5.91 Å². The van der Waals surface area contributed by atoms with Crippen molar-refractivity contribution in [1.29, 1.82) is 0 Å². The van der Waals surface area contributed by atoms with Crippen LogP contribution in [0, 0.1) is 0 Å². The summed E-state index contributed by atoms with van der Waals surface area (Å²) in [6.45, 7) is 5.18. The Bertz CT molecular complexity index is 818. The topological polar surface area (TPSA) is 59.0 Å². The van der Waals surface area contributed by atoms with Crippen LogP contribution in [0.3, 0.4) is 0 Å². The molecule has 9 heteroatoms. The van der Waals surface area contributed by atoms with Crippen LogP contribution in [-0.4, -0.2) is 34.8 Å². The van der Waals surface area contributed by atoms with E-state index in [9.17, 15) is 18.0 Å². The van der Waals surface area contributed by atoms with Gasteiger partial charge in [-0.05, 0) is 44.0 Å². The first-order valence-electron chi connectivity index (χ1n) is 9.50. The summed E-state index contributed by atoms with van der Waals surface area (Å²) in [4.78, 5) is 12.5. The minimum absolute atomic E-state index is 0. The molecule has 0 saturated carbocycles. The van der Waals surface area contributed by atoms with Gasteiger partial charge in [-0.25, -0.2) is 0 Å². The lowest BCUT2D eigenvalue weighted by Gasteiger charge is -2.24. The van der Waals surface area contributed by atoms with Crippen LogP contribution >= 0.6 is 12.4 Å². The summed E-state index contributed by atoms with van der Waals surface area (Å²) in [7, 11) is 0. The maximum Gasteiger partial charge on any atom is 0.416 e. The molecule has 1 amide bonds. The molecular weight excluding hydrogens is 405 g/mol. The highest BCUT2D eigenvalue weighted by Crippen LogP contribution is 2.36. The van der Waals surface area contributed by atoms with Crippen LogP contribution in [0.5, 0.6) is 0 Å². The van der Waals surface area contributed by atoms with E-state index in [2.05, 4.69) is 15.7 Å². The third-order valence-corrected chi connectivity index (χ3v) is 5.35. The predicted octanol–water partition coefficient (Wildman–Crippen LogP) is 4.17. The molecule has 2 N–H and O–H groups in total. The molecule has 1 aliphatic heterocycles. The number of nitrogens with zero attached hydrogens (tertiary/aromatic N) is 2. The molecule has 0 radical (unpaired) electrons. The Kier molecular flexibility index (Phi) is 7.71. The Morgan fingerprint density at radius 3 is 2.66 bits per heavy atom. The maximum atomic E-state index is 13.3. The minimum atomic E-state index is -4.43. The van der Waals surface area contributed by atoms with Crippen LogP contribution in [0.4, 0.5) is 13.2 Å². The Morgan fingerprint density at radius 1 is 1.28 bits per heavy atom. The molecule has 1 saturated heterocycles. The van der Waals surface area contributed by atoms with Gasteiger partial charge in [-0.15, -0.1) is 12.4 Å². The highest BCUT2D eigenvalue weighted by Gasteiger charge is 2.35. The van der Waals surface area contributed by atoms with Crippen LogP contribution in [0.1, 0.15) is 60.3 Å². The third kappa shape index (κ3) is 5.51. The summed E-state index contributed by atoms with van der Waals surface area (Å²) in [6, 6.07) is 6.85. The molecule has 1 aromatic heterocycles. The van der Waals surface area contributed by atoms with Crippen molar-refractivity contribution in [3.8, 4) is 0 Å². The van der Waals surface area contributed by atoms with Crippen molar-refractivity contribution in [3.63, 3.8) is 0 Å². The molecular formula is C20H26ClF3N4O. The molecule has 0 bridgehead atoms. The van der Waals surface area contributed by atoms with Crippen LogP contribution in [0.15, 0.2) is 36.5 Å². The fraction of sp³-hybridized carbons (Fsp3) is 0.500. The number of benzene rings is 1. The number of aromatic nitrogens is 2. The second kappa shape index (κ2) is 9.63. The summed E-state index contributed by atoms with van der Waals surface area (Å²) >= 11 is 0. The van der Waals surface area contributed by atoms with Gasteiger partial charge in [-0.1, -0.05) is 25.1 Å². The highest BCUT2D eigenvalue weighted by atomic mass is 35.5. The van der Waals surface area contributed by atoms with E-state index in [0.717, 1.165) is 32.0 Å². The lowest BCUT2D eigenvalue weighted by Crippen LogP contribution is -2.37. The highest BCUT2D eigenvalue weighted by molar-refractivity contribution is 5.92. The first kappa shape index (κ1) is 23.2. The molecule has 3 unspecified atom stereocenters. The number of alkyl halides is 3. The van der Waals surface area contributed by atoms with Gasteiger partial charge in [0, 0.05) is 24.7 Å². The molecule has 3 atom stereocenters. The van der Waals surface area contributed by atoms with Crippen molar-refractivity contribution in [3.05, 3.63) is 53.3 Å². The van der Waals surface area contributed by atoms with Crippen LogP contribution in [0.2, 0.25) is 0 Å². The Balaban J connectivity index is 0.00000300. The molecule has 5 nitrogen and oxygen atoms in total. The van der Waals surface area contributed by atoms with E-state index in [1.807, 2.05) is 0 Å². The molecule has 0 aliphatic carbocycles. The van der Waals surface area contributed by atoms with Gasteiger partial charge < -0.3 is 10.6 Å². The molecule has 2 aromatic rings. The summed E-state index contributed by atoms with van der Waals surface area (Å²) in [5.74, 6) is -0.891. The van der Waals surface area contributed by atoms with Crippen molar-refractivity contribution in [2.75, 3.05) is 13.1 Å². The molecule has 1 aromatic carbocycles. The van der Waals surface area contributed by atoms with Crippen molar-refractivity contribution in [1.82, 2.24) is 20.4 Å². The number of hydrogen-bond acceptors (Lipinski definition) is 3. The van der Waals surface area contributed by atoms with E-state index in [-0.39, 0.29) is 35.6 Å². The first-order chi connectivity index (χ1) is 13.3. The van der Waals surface area contributed by atoms with E-state index in [0.29, 0.717) is 0 Å². The summed E-state index contributed by atoms with van der Waals surface area (Å²) in [6.07, 6.45) is -0.600. The van der Waals surface area contributed by atoms with Gasteiger partial charge in [0.05, 0.1) is 11.6 Å². The SMILES string of the molecule is CC(NC(=O)c1ccn(C2CCCNC2)n1)C(C)c1ccccc1C(F)(F)F.Cl. The molecule has 160 valence electrons. The number of amides is 1. The van der Waals surface area contributed by atoms with Gasteiger partial charge in [-0.3, -0.25) is 9.48 Å². The molecule has 2 heterocycles. The molecule has 0 spiro atoms. The Labute approximate surface area is 174 Å². The number of rotatable bonds is 5. The fourth-order valence-electron chi connectivity index (χ4n) is 3.55. The number of carbonyl (C=O) groups excluding carboxylic acids is 1. The quantitative estimate of drug-likeness (QED) is 0.748. The van der Waals surface area contributed by atoms with E-state index in [1.54, 1.807) is 36.9 Å². The van der Waals surface area contributed by atoms with Crippen LogP contribution in [0.25, 0.3) is 0 Å². The molecule has 1 fully saturated rings. The lowest BCUT2D eigenvalue weighted by atomic mass is 9.90. The standard InChI is InChI=1S/C20H25F3N4O.ClH/c1-13(16-7-3-4-8-17(16)20(21,22)23)14(2)25-19(28)18-9-11-27(26-18)15-6-5-10-24-12-15;/h3-4,7-9,11,13-15,24H,5-6,10,12H2,1-2H3,(H,25,28);1H. The normalized spacial score (nSPS) is 19.1. The largest absolute Gasteiger partial charge is 0.416 e. The predicted molar refractivity (Wildman–Crippen MR) is 107 cm³/mol. The number of halogens is 4. The van der Waals surface area contributed by atoms with Gasteiger partial charge >= 0.3 is 6.18 Å². The van der Waals surface area contributed by atoms with Gasteiger partial charge in [0.1, 0.15) is 5.69 Å². The number of nitrogens with one attached hydrogen (secondary N) is 2. The average molecular weight is 431 g/mol. The van der Waals surface area contributed by atoms with Crippen LogP contribution < -0.4 is 10.6 Å². The number of hydrogen-bond donors (Lipinski definition) is 2. The minimum Gasteiger partial charge on any atom is -0.348 e. The van der Waals surface area contributed by atoms with Crippen molar-refractivity contribution in [2.45, 2.75) is 50.9 Å². The fourth-order valence-corrected chi connectivity index (χ4v) is 3.55. The zero-order chi connectivity index (χ0) is 20.3. The summed E-state index contributed by atoms with van der Waals surface area (Å²) < 4.78 is 41.6. The molecule has 3 rings (SSSR count). The van der Waals surface area contributed by atoms with E-state index < -0.39 is 23.7 Å². The van der Waals surface area contributed by atoms with E-state index in [4.69, 9.17) is 0 Å². The van der Waals surface area contributed by atoms with E-state index in [1.165, 1.54) is 12.1 Å². The Morgan fingerprint density at radius 2 is 2.00 bits per heavy atom. The van der Waals surface area contributed by atoms with Crippen molar-refractivity contribution >= 4 is 18.3 Å². The first-order valence-corrected chi connectivity index (χ1v) is 9.50. The molecule has 1 aliphatic rings. The second-order valence-electron chi connectivity index (χ2n) is 7.32.